The Morgan fingerprint density at radius 1 is 1.16 bits per heavy atom. The highest BCUT2D eigenvalue weighted by molar-refractivity contribution is 5.88. The van der Waals surface area contributed by atoms with Gasteiger partial charge in [0, 0.05) is 19.5 Å². The molecule has 0 saturated carbocycles. The van der Waals surface area contributed by atoms with Crippen LogP contribution in [0.25, 0.3) is 10.8 Å². The van der Waals surface area contributed by atoms with Crippen molar-refractivity contribution in [2.45, 2.75) is 6.42 Å². The van der Waals surface area contributed by atoms with Crippen LogP contribution in [-0.2, 0) is 32.6 Å². The van der Waals surface area contributed by atoms with E-state index in [1.807, 2.05) is 0 Å². The summed E-state index contributed by atoms with van der Waals surface area (Å²) in [5.74, 6) is -1.61. The van der Waals surface area contributed by atoms with E-state index in [2.05, 4.69) is 15.7 Å². The van der Waals surface area contributed by atoms with Crippen molar-refractivity contribution >= 4 is 28.6 Å². The van der Waals surface area contributed by atoms with Gasteiger partial charge in [0.2, 0.25) is 5.91 Å². The Morgan fingerprint density at radius 3 is 2.52 bits per heavy atom. The summed E-state index contributed by atoms with van der Waals surface area (Å²) in [6, 6.07) is 6.82. The minimum atomic E-state index is -0.661. The average Bonchev–Trinajstić information content (AvgIpc) is 2.62. The number of hydrogen-bond donors (Lipinski definition) is 2. The van der Waals surface area contributed by atoms with E-state index in [0.717, 1.165) is 4.68 Å². The largest absolute Gasteiger partial charge is 0.455 e. The summed E-state index contributed by atoms with van der Waals surface area (Å²) in [5, 5.41) is 9.76. The number of benzene rings is 1. The minimum absolute atomic E-state index is 0.183. The van der Waals surface area contributed by atoms with Gasteiger partial charge in [-0.15, -0.1) is 0 Å². The van der Waals surface area contributed by atoms with Gasteiger partial charge in [0.25, 0.3) is 11.5 Å². The fourth-order valence-electron chi connectivity index (χ4n) is 2.16. The molecule has 25 heavy (non-hydrogen) atoms. The van der Waals surface area contributed by atoms with Gasteiger partial charge >= 0.3 is 5.97 Å². The van der Waals surface area contributed by atoms with E-state index in [9.17, 15) is 19.2 Å². The number of carbonyl (C=O) groups excluding carboxylic acids is 3. The molecule has 1 aromatic carbocycles. The number of rotatable bonds is 6. The van der Waals surface area contributed by atoms with Crippen LogP contribution >= 0.6 is 0 Å². The van der Waals surface area contributed by atoms with E-state index in [-0.39, 0.29) is 24.4 Å². The van der Waals surface area contributed by atoms with Gasteiger partial charge in [-0.25, -0.2) is 4.68 Å². The fraction of sp³-hybridized carbons (Fsp3) is 0.312. The van der Waals surface area contributed by atoms with Crippen LogP contribution in [0.15, 0.2) is 29.1 Å². The van der Waals surface area contributed by atoms with Crippen molar-refractivity contribution in [1.29, 1.82) is 0 Å². The first kappa shape index (κ1) is 18.1. The molecule has 132 valence electrons. The number of amides is 2. The molecule has 0 aliphatic carbocycles. The van der Waals surface area contributed by atoms with E-state index in [1.54, 1.807) is 24.3 Å². The first-order valence-corrected chi connectivity index (χ1v) is 7.50. The van der Waals surface area contributed by atoms with Crippen LogP contribution in [0, 0.1) is 0 Å². The van der Waals surface area contributed by atoms with Gasteiger partial charge in [-0.05, 0) is 6.07 Å². The van der Waals surface area contributed by atoms with Gasteiger partial charge in [0.15, 0.2) is 6.61 Å². The van der Waals surface area contributed by atoms with E-state index in [4.69, 9.17) is 4.74 Å². The first-order chi connectivity index (χ1) is 11.9. The summed E-state index contributed by atoms with van der Waals surface area (Å²) >= 11 is 0. The van der Waals surface area contributed by atoms with Crippen LogP contribution < -0.4 is 16.2 Å². The number of aromatic nitrogens is 2. The summed E-state index contributed by atoms with van der Waals surface area (Å²) in [6.45, 7) is -0.695. The Hall–Kier alpha value is -3.23. The predicted molar refractivity (Wildman–Crippen MR) is 88.7 cm³/mol. The zero-order chi connectivity index (χ0) is 18.4. The Labute approximate surface area is 143 Å². The summed E-state index contributed by atoms with van der Waals surface area (Å²) in [4.78, 5) is 46.5. The maximum atomic E-state index is 12.0. The third-order valence-electron chi connectivity index (χ3n) is 3.43. The van der Waals surface area contributed by atoms with Crippen molar-refractivity contribution in [1.82, 2.24) is 20.4 Å². The lowest BCUT2D eigenvalue weighted by Gasteiger charge is -2.08. The molecular formula is C16H18N4O5. The molecule has 0 atom stereocenters. The van der Waals surface area contributed by atoms with Gasteiger partial charge in [0.05, 0.1) is 24.0 Å². The maximum absolute atomic E-state index is 12.0. The third-order valence-corrected chi connectivity index (χ3v) is 3.43. The molecule has 0 radical (unpaired) electrons. The van der Waals surface area contributed by atoms with Crippen molar-refractivity contribution in [3.8, 4) is 0 Å². The van der Waals surface area contributed by atoms with Crippen LogP contribution in [0.3, 0.4) is 0 Å². The zero-order valence-corrected chi connectivity index (χ0v) is 13.9. The zero-order valence-electron chi connectivity index (χ0n) is 13.9. The molecule has 0 aliphatic rings. The number of likely N-dealkylation sites (N-methyl/N-ethyl adjacent to an activating group) is 1. The fourth-order valence-corrected chi connectivity index (χ4v) is 2.16. The lowest BCUT2D eigenvalue weighted by atomic mass is 10.1. The normalized spacial score (nSPS) is 10.3. The van der Waals surface area contributed by atoms with Gasteiger partial charge in [-0.2, -0.15) is 5.10 Å². The average molecular weight is 346 g/mol. The van der Waals surface area contributed by atoms with Crippen LogP contribution in [-0.4, -0.2) is 47.8 Å². The molecule has 0 spiro atoms. The number of nitrogens with one attached hydrogen (secondary N) is 2. The third kappa shape index (κ3) is 4.63. The molecule has 2 rings (SSSR count). The number of carbonyl (C=O) groups is 3. The van der Waals surface area contributed by atoms with E-state index in [0.29, 0.717) is 16.5 Å². The number of nitrogens with zero attached hydrogens (tertiary/aromatic N) is 2. The Morgan fingerprint density at radius 2 is 1.84 bits per heavy atom. The molecule has 0 unspecified atom stereocenters. The Kier molecular flexibility index (Phi) is 5.83. The topological polar surface area (TPSA) is 119 Å². The highest BCUT2D eigenvalue weighted by Crippen LogP contribution is 2.13. The Bertz CT molecular complexity index is 874. The van der Waals surface area contributed by atoms with Gasteiger partial charge in [-0.3, -0.25) is 19.2 Å². The van der Waals surface area contributed by atoms with Crippen molar-refractivity contribution in [3.05, 3.63) is 40.3 Å². The highest BCUT2D eigenvalue weighted by Gasteiger charge is 2.14. The van der Waals surface area contributed by atoms with E-state index in [1.165, 1.54) is 14.1 Å². The van der Waals surface area contributed by atoms with Gasteiger partial charge in [-0.1, -0.05) is 18.2 Å². The number of hydrogen-bond acceptors (Lipinski definition) is 6. The summed E-state index contributed by atoms with van der Waals surface area (Å²) in [5.41, 5.74) is 0.120. The van der Waals surface area contributed by atoms with Crippen LogP contribution in [0.5, 0.6) is 0 Å². The number of ether oxygens (including phenoxy) is 1. The van der Waals surface area contributed by atoms with Crippen molar-refractivity contribution in [3.63, 3.8) is 0 Å². The molecule has 9 heteroatoms. The smallest absolute Gasteiger partial charge is 0.312 e. The van der Waals surface area contributed by atoms with Crippen LogP contribution in [0.2, 0.25) is 0 Å². The van der Waals surface area contributed by atoms with Crippen LogP contribution in [0.1, 0.15) is 5.69 Å². The number of fused-ring (bicyclic) bond motifs is 1. The standard InChI is InChI=1S/C16H18N4O5/c1-17-13(21)8-18-14(22)9-25-15(23)7-12-10-5-3-4-6-11(10)16(24)20(2)19-12/h3-6H,7-9H2,1-2H3,(H,17,21)(H,18,22). The van der Waals surface area contributed by atoms with Gasteiger partial charge < -0.3 is 15.4 Å². The summed E-state index contributed by atoms with van der Waals surface area (Å²) < 4.78 is 6.04. The molecule has 2 aromatic rings. The van der Waals surface area contributed by atoms with E-state index >= 15 is 0 Å². The second kappa shape index (κ2) is 8.04. The second-order valence-corrected chi connectivity index (χ2v) is 5.21. The number of esters is 1. The van der Waals surface area contributed by atoms with Crippen molar-refractivity contribution in [2.75, 3.05) is 20.2 Å². The molecule has 1 aromatic heterocycles. The van der Waals surface area contributed by atoms with E-state index < -0.39 is 18.5 Å². The summed E-state index contributed by atoms with van der Waals surface area (Å²) in [7, 11) is 2.94. The van der Waals surface area contributed by atoms with Gasteiger partial charge in [0.1, 0.15) is 0 Å². The number of aryl methyl sites for hydroxylation is 1. The summed E-state index contributed by atoms with van der Waals surface area (Å²) in [6.07, 6.45) is -0.183. The SMILES string of the molecule is CNC(=O)CNC(=O)COC(=O)Cc1nn(C)c(=O)c2ccccc12. The maximum Gasteiger partial charge on any atom is 0.312 e. The molecule has 0 aliphatic heterocycles. The first-order valence-electron chi connectivity index (χ1n) is 7.50. The minimum Gasteiger partial charge on any atom is -0.455 e. The molecule has 2 amide bonds. The molecular weight excluding hydrogens is 328 g/mol. The molecule has 1 heterocycles. The lowest BCUT2D eigenvalue weighted by molar-refractivity contribution is -0.148. The molecule has 0 saturated heterocycles. The molecule has 9 nitrogen and oxygen atoms in total. The van der Waals surface area contributed by atoms with Crippen molar-refractivity contribution < 1.29 is 19.1 Å². The second-order valence-electron chi connectivity index (χ2n) is 5.21. The monoisotopic (exact) mass is 346 g/mol. The quantitative estimate of drug-likeness (QED) is 0.640. The van der Waals surface area contributed by atoms with Crippen LogP contribution in [0.4, 0.5) is 0 Å². The predicted octanol–water partition coefficient (Wildman–Crippen LogP) is -1.12. The lowest BCUT2D eigenvalue weighted by Crippen LogP contribution is -2.37. The molecule has 0 bridgehead atoms. The van der Waals surface area contributed by atoms with Crippen molar-refractivity contribution in [2.24, 2.45) is 7.05 Å². The molecule has 2 N–H and O–H groups in total. The highest BCUT2D eigenvalue weighted by atomic mass is 16.5. The Balaban J connectivity index is 2.01. The molecule has 0 fully saturated rings.